The summed E-state index contributed by atoms with van der Waals surface area (Å²) in [5.41, 5.74) is -1.88. The van der Waals surface area contributed by atoms with Crippen molar-refractivity contribution in [3.8, 4) is 0 Å². The van der Waals surface area contributed by atoms with Crippen LogP contribution in [0.5, 0.6) is 0 Å². The maximum atomic E-state index is 12.3. The smallest absolute Gasteiger partial charge is 0.340 e. The van der Waals surface area contributed by atoms with Gasteiger partial charge in [-0.25, -0.2) is 9.59 Å². The highest BCUT2D eigenvalue weighted by Gasteiger charge is 2.56. The molecule has 0 saturated carbocycles. The lowest BCUT2D eigenvalue weighted by Crippen LogP contribution is -2.66. The van der Waals surface area contributed by atoms with E-state index in [1.54, 1.807) is 23.6 Å². The van der Waals surface area contributed by atoms with Crippen LogP contribution in [0.1, 0.15) is 15.9 Å². The summed E-state index contributed by atoms with van der Waals surface area (Å²) < 4.78 is 5.27. The number of carbonyl (C=O) groups is 4. The molecule has 0 bridgehead atoms. The molecule has 0 atom stereocenters. The van der Waals surface area contributed by atoms with Crippen LogP contribution < -0.4 is 10.6 Å². The van der Waals surface area contributed by atoms with Crippen molar-refractivity contribution in [2.24, 2.45) is 0 Å². The molecule has 1 saturated heterocycles. The van der Waals surface area contributed by atoms with Crippen LogP contribution in [0.3, 0.4) is 0 Å². The minimum absolute atomic E-state index is 0.175. The molecule has 23 heavy (non-hydrogen) atoms. The Kier molecular flexibility index (Phi) is 3.67. The Hall–Kier alpha value is -3.00. The van der Waals surface area contributed by atoms with E-state index >= 15 is 0 Å². The molecule has 0 aliphatic carbocycles. The zero-order valence-electron chi connectivity index (χ0n) is 11.6. The molecule has 2 heterocycles. The van der Waals surface area contributed by atoms with E-state index in [0.717, 1.165) is 0 Å². The summed E-state index contributed by atoms with van der Waals surface area (Å²) in [6.45, 7) is 0. The molecule has 2 N–H and O–H groups in total. The molecule has 0 spiro atoms. The highest BCUT2D eigenvalue weighted by atomic mass is 32.1. The topological polar surface area (TPSA) is 102 Å². The molecule has 116 valence electrons. The van der Waals surface area contributed by atoms with Gasteiger partial charge in [-0.3, -0.25) is 20.2 Å². The lowest BCUT2D eigenvalue weighted by atomic mass is 9.92. The Morgan fingerprint density at radius 1 is 1.00 bits per heavy atom. The van der Waals surface area contributed by atoms with Crippen LogP contribution >= 0.6 is 11.3 Å². The van der Waals surface area contributed by atoms with Crippen LogP contribution in [0.4, 0.5) is 4.79 Å². The average Bonchev–Trinajstić information content (AvgIpc) is 3.06. The summed E-state index contributed by atoms with van der Waals surface area (Å²) in [5, 5.41) is 7.06. The predicted octanol–water partition coefficient (Wildman–Crippen LogP) is 1.17. The summed E-state index contributed by atoms with van der Waals surface area (Å²) in [4.78, 5) is 48.3. The van der Waals surface area contributed by atoms with Crippen molar-refractivity contribution in [1.82, 2.24) is 10.6 Å². The molecule has 1 aliphatic heterocycles. The molecule has 1 fully saturated rings. The van der Waals surface area contributed by atoms with E-state index in [9.17, 15) is 19.2 Å². The van der Waals surface area contributed by atoms with Gasteiger partial charge in [0.15, 0.2) is 0 Å². The second-order valence-corrected chi connectivity index (χ2v) is 5.47. The second kappa shape index (κ2) is 5.65. The molecule has 1 aliphatic rings. The van der Waals surface area contributed by atoms with Gasteiger partial charge in [0, 0.05) is 5.56 Å². The van der Waals surface area contributed by atoms with Crippen LogP contribution in [0.2, 0.25) is 0 Å². The highest BCUT2D eigenvalue weighted by Crippen LogP contribution is 2.31. The van der Waals surface area contributed by atoms with Crippen molar-refractivity contribution in [1.29, 1.82) is 0 Å². The minimum Gasteiger partial charge on any atom is -0.430 e. The number of imide groups is 2. The van der Waals surface area contributed by atoms with Crippen LogP contribution in [0, 0.1) is 0 Å². The zero-order valence-corrected chi connectivity index (χ0v) is 12.4. The van der Waals surface area contributed by atoms with Crippen LogP contribution in [0.25, 0.3) is 0 Å². The Balaban J connectivity index is 2.04. The van der Waals surface area contributed by atoms with Crippen molar-refractivity contribution in [3.05, 3.63) is 58.3 Å². The summed E-state index contributed by atoms with van der Waals surface area (Å²) >= 11 is 1.22. The first-order valence-corrected chi connectivity index (χ1v) is 7.46. The minimum atomic E-state index is -2.24. The second-order valence-electron chi connectivity index (χ2n) is 4.69. The van der Waals surface area contributed by atoms with Crippen molar-refractivity contribution < 1.29 is 23.9 Å². The number of ether oxygens (including phenoxy) is 1. The standard InChI is InChI=1S/C15H10N2O5S/c18-11(9-4-2-1-3-5-9)22-15(10-6-7-23-8-10)12(19)16-14(21)17-13(15)20/h1-8H,(H2,16,17,19,20,21). The van der Waals surface area contributed by atoms with Crippen LogP contribution in [-0.4, -0.2) is 23.8 Å². The Morgan fingerprint density at radius 3 is 2.22 bits per heavy atom. The SMILES string of the molecule is O=C1NC(=O)C(OC(=O)c2ccccc2)(c2ccsc2)C(=O)N1. The van der Waals surface area contributed by atoms with Gasteiger partial charge in [-0.05, 0) is 29.0 Å². The lowest BCUT2D eigenvalue weighted by Gasteiger charge is -2.32. The van der Waals surface area contributed by atoms with E-state index in [0.29, 0.717) is 0 Å². The monoisotopic (exact) mass is 330 g/mol. The first-order valence-electron chi connectivity index (χ1n) is 6.52. The van der Waals surface area contributed by atoms with Gasteiger partial charge in [0.2, 0.25) is 0 Å². The van der Waals surface area contributed by atoms with Gasteiger partial charge >= 0.3 is 12.0 Å². The fourth-order valence-electron chi connectivity index (χ4n) is 2.17. The maximum Gasteiger partial charge on any atom is 0.340 e. The Bertz CT molecular complexity index is 765. The summed E-state index contributed by atoms with van der Waals surface area (Å²) in [5.74, 6) is -2.86. The molecule has 7 nitrogen and oxygen atoms in total. The average molecular weight is 330 g/mol. The number of carbonyl (C=O) groups excluding carboxylic acids is 4. The van der Waals surface area contributed by atoms with E-state index in [-0.39, 0.29) is 11.1 Å². The first-order chi connectivity index (χ1) is 11.0. The van der Waals surface area contributed by atoms with Gasteiger partial charge in [0.25, 0.3) is 17.4 Å². The third-order valence-electron chi connectivity index (χ3n) is 3.28. The quantitative estimate of drug-likeness (QED) is 0.650. The lowest BCUT2D eigenvalue weighted by molar-refractivity contribution is -0.156. The van der Waals surface area contributed by atoms with Crippen LogP contribution in [-0.2, 0) is 19.9 Å². The number of thiophene rings is 1. The number of barbiturate groups is 1. The third-order valence-corrected chi connectivity index (χ3v) is 3.96. The van der Waals surface area contributed by atoms with Gasteiger partial charge < -0.3 is 4.74 Å². The Morgan fingerprint density at radius 2 is 1.65 bits per heavy atom. The van der Waals surface area contributed by atoms with E-state index in [2.05, 4.69) is 0 Å². The molecule has 4 amide bonds. The van der Waals surface area contributed by atoms with Gasteiger partial charge in [-0.1, -0.05) is 18.2 Å². The number of urea groups is 1. The molecule has 2 aromatic rings. The Labute approximate surface area is 134 Å². The number of esters is 1. The van der Waals surface area contributed by atoms with Crippen molar-refractivity contribution in [2.75, 3.05) is 0 Å². The van der Waals surface area contributed by atoms with E-state index in [1.807, 2.05) is 10.6 Å². The molecule has 0 unspecified atom stereocenters. The van der Waals surface area contributed by atoms with Crippen LogP contribution in [0.15, 0.2) is 47.2 Å². The number of nitrogens with one attached hydrogen (secondary N) is 2. The zero-order chi connectivity index (χ0) is 16.4. The predicted molar refractivity (Wildman–Crippen MR) is 79.5 cm³/mol. The number of rotatable bonds is 3. The number of amides is 4. The molecule has 1 aromatic carbocycles. The summed E-state index contributed by atoms with van der Waals surface area (Å²) in [7, 11) is 0. The maximum absolute atomic E-state index is 12.3. The fraction of sp³-hybridized carbons (Fsp3) is 0.0667. The highest BCUT2D eigenvalue weighted by molar-refractivity contribution is 7.08. The first kappa shape index (κ1) is 14.9. The van der Waals surface area contributed by atoms with E-state index in [1.165, 1.54) is 34.9 Å². The van der Waals surface area contributed by atoms with Gasteiger partial charge in [-0.2, -0.15) is 11.3 Å². The molecule has 3 rings (SSSR count). The molecule has 8 heteroatoms. The summed E-state index contributed by atoms with van der Waals surface area (Å²) in [6.07, 6.45) is 0. The largest absolute Gasteiger partial charge is 0.430 e. The molecular formula is C15H10N2O5S. The third kappa shape index (κ3) is 2.49. The summed E-state index contributed by atoms with van der Waals surface area (Å²) in [6, 6.07) is 8.47. The number of benzene rings is 1. The molecule has 1 aromatic heterocycles. The van der Waals surface area contributed by atoms with E-state index < -0.39 is 29.4 Å². The number of hydrogen-bond donors (Lipinski definition) is 2. The van der Waals surface area contributed by atoms with Crippen molar-refractivity contribution in [3.63, 3.8) is 0 Å². The molecule has 0 radical (unpaired) electrons. The van der Waals surface area contributed by atoms with Crippen molar-refractivity contribution >= 4 is 35.2 Å². The van der Waals surface area contributed by atoms with Crippen molar-refractivity contribution in [2.45, 2.75) is 5.60 Å². The van der Waals surface area contributed by atoms with Gasteiger partial charge in [0.05, 0.1) is 5.56 Å². The normalized spacial score (nSPS) is 16.4. The number of hydrogen-bond acceptors (Lipinski definition) is 6. The van der Waals surface area contributed by atoms with Gasteiger partial charge in [-0.15, -0.1) is 0 Å². The van der Waals surface area contributed by atoms with Gasteiger partial charge in [0.1, 0.15) is 0 Å². The molecular weight excluding hydrogens is 320 g/mol. The van der Waals surface area contributed by atoms with E-state index in [4.69, 9.17) is 4.74 Å². The fourth-order valence-corrected chi connectivity index (χ4v) is 2.86.